The van der Waals surface area contributed by atoms with Crippen LogP contribution < -0.4 is 11.4 Å². The Kier molecular flexibility index (Phi) is 10.3. The minimum absolute atomic E-state index is 0.145. The number of imidazole rings is 1. The lowest BCUT2D eigenvalue weighted by molar-refractivity contribution is -0.257. The van der Waals surface area contributed by atoms with E-state index < -0.39 is 101 Å². The van der Waals surface area contributed by atoms with Gasteiger partial charge < -0.3 is 45.5 Å². The molecule has 2 aromatic rings. The fourth-order valence-corrected chi connectivity index (χ4v) is 5.68. The zero-order valence-electron chi connectivity index (χ0n) is 23.1. The SMILES string of the molecule is C/C(=C/Cn1c(=O)nc(N)c2c1ncn2[C@@H]1O[C@H](CO[C@@H]2OC[C@](O)(CO)[C@H]2O)[C@@H](OS(=O)(=O)O)[C@H](O)[C@H]1OS(=O)(=O)O)CO. The summed E-state index contributed by atoms with van der Waals surface area (Å²) in [6.45, 7) is -1.27. The van der Waals surface area contributed by atoms with Crippen LogP contribution in [0.1, 0.15) is 13.2 Å². The molecule has 4 rings (SSSR count). The van der Waals surface area contributed by atoms with E-state index in [0.29, 0.717) is 5.57 Å². The van der Waals surface area contributed by atoms with Gasteiger partial charge in [0.25, 0.3) is 0 Å². The van der Waals surface area contributed by atoms with Crippen molar-refractivity contribution >= 4 is 37.8 Å². The average Bonchev–Trinajstić information content (AvgIpc) is 3.50. The fraction of sp³-hybridized carbons (Fsp3) is 0.667. The maximum atomic E-state index is 12.6. The summed E-state index contributed by atoms with van der Waals surface area (Å²) in [5.74, 6) is -0.467. The second kappa shape index (κ2) is 13.2. The van der Waals surface area contributed by atoms with Gasteiger partial charge in [-0.2, -0.15) is 21.8 Å². The van der Waals surface area contributed by atoms with Gasteiger partial charge in [0.1, 0.15) is 35.5 Å². The van der Waals surface area contributed by atoms with Crippen molar-refractivity contribution in [3.63, 3.8) is 0 Å². The first kappa shape index (κ1) is 35.2. The molecule has 45 heavy (non-hydrogen) atoms. The molecular formula is C21H31N5O17S2. The highest BCUT2D eigenvalue weighted by Gasteiger charge is 2.53. The van der Waals surface area contributed by atoms with Crippen LogP contribution >= 0.6 is 0 Å². The molecule has 0 bridgehead atoms. The predicted molar refractivity (Wildman–Crippen MR) is 144 cm³/mol. The number of hydrogen-bond acceptors (Lipinski definition) is 18. The molecule has 8 atom stereocenters. The summed E-state index contributed by atoms with van der Waals surface area (Å²) in [5.41, 5.74) is 3.14. The molecule has 2 saturated heterocycles. The molecule has 4 heterocycles. The molecule has 2 aromatic heterocycles. The van der Waals surface area contributed by atoms with Gasteiger partial charge in [-0.15, -0.1) is 0 Å². The van der Waals surface area contributed by atoms with Gasteiger partial charge in [0.05, 0.1) is 32.8 Å². The molecule has 0 amide bonds. The smallest absolute Gasteiger partial charge is 0.393 e. The van der Waals surface area contributed by atoms with Crippen LogP contribution in [0.4, 0.5) is 5.82 Å². The van der Waals surface area contributed by atoms with E-state index in [1.54, 1.807) is 6.92 Å². The van der Waals surface area contributed by atoms with E-state index in [9.17, 15) is 56.3 Å². The van der Waals surface area contributed by atoms with Crippen molar-refractivity contribution < 1.29 is 74.1 Å². The quantitative estimate of drug-likeness (QED) is 0.0765. The summed E-state index contributed by atoms with van der Waals surface area (Å²) in [7, 11) is -10.8. The maximum absolute atomic E-state index is 12.6. The van der Waals surface area contributed by atoms with Crippen molar-refractivity contribution in [2.24, 2.45) is 0 Å². The number of aliphatic hydroxyl groups is 5. The first-order chi connectivity index (χ1) is 20.9. The first-order valence-electron chi connectivity index (χ1n) is 12.8. The van der Waals surface area contributed by atoms with E-state index in [0.717, 1.165) is 15.5 Å². The first-order valence-corrected chi connectivity index (χ1v) is 15.5. The Morgan fingerprint density at radius 1 is 1.18 bits per heavy atom. The van der Waals surface area contributed by atoms with Gasteiger partial charge in [0.15, 0.2) is 30.1 Å². The highest BCUT2D eigenvalue weighted by atomic mass is 32.3. The summed E-state index contributed by atoms with van der Waals surface area (Å²) in [5, 5.41) is 50.3. The number of fused-ring (bicyclic) bond motifs is 1. The highest BCUT2D eigenvalue weighted by molar-refractivity contribution is 7.81. The van der Waals surface area contributed by atoms with Crippen molar-refractivity contribution in [2.45, 2.75) is 62.1 Å². The Morgan fingerprint density at radius 3 is 2.40 bits per heavy atom. The molecular weight excluding hydrogens is 658 g/mol. The third-order valence-corrected chi connectivity index (χ3v) is 7.90. The van der Waals surface area contributed by atoms with Crippen LogP contribution in [0.15, 0.2) is 22.8 Å². The van der Waals surface area contributed by atoms with E-state index in [-0.39, 0.29) is 24.3 Å². The minimum Gasteiger partial charge on any atom is -0.393 e. The topological polar surface area (TPSA) is 335 Å². The number of aliphatic hydroxyl groups excluding tert-OH is 4. The van der Waals surface area contributed by atoms with Gasteiger partial charge in [-0.05, 0) is 6.92 Å². The number of nitrogens with two attached hydrogens (primary N) is 1. The summed E-state index contributed by atoms with van der Waals surface area (Å²) in [6, 6.07) is 0. The van der Waals surface area contributed by atoms with Gasteiger partial charge in [-0.3, -0.25) is 18.2 Å². The molecule has 0 radical (unpaired) electrons. The molecule has 0 spiro atoms. The second-order valence-corrected chi connectivity index (χ2v) is 12.3. The molecule has 0 aromatic carbocycles. The Balaban J connectivity index is 1.79. The zero-order chi connectivity index (χ0) is 33.5. The molecule has 0 unspecified atom stereocenters. The van der Waals surface area contributed by atoms with Crippen LogP contribution in [-0.2, 0) is 49.9 Å². The number of nitrogen functional groups attached to an aromatic ring is 1. The van der Waals surface area contributed by atoms with Gasteiger partial charge >= 0.3 is 26.5 Å². The van der Waals surface area contributed by atoms with Crippen molar-refractivity contribution in [1.82, 2.24) is 19.1 Å². The molecule has 24 heteroatoms. The van der Waals surface area contributed by atoms with Crippen LogP contribution in [0, 0.1) is 0 Å². The lowest BCUT2D eigenvalue weighted by atomic mass is 9.98. The normalized spacial score (nSPS) is 31.6. The lowest BCUT2D eigenvalue weighted by Crippen LogP contribution is -2.59. The number of nitrogens with zero attached hydrogens (tertiary/aromatic N) is 4. The standard InChI is InChI=1S/C21H31N5O17S2/c1-9(4-27)2-3-25-17-11(16(22)24-20(25)31)26(8-23-17)18-14(43-45(36,37)38)12(29)13(42-44(33,34)35)10(41-18)5-39-19-15(30)21(32,6-28)7-40-19/h2,8,10,12-15,18-19,27-30,32H,3-7H2,1H3,(H2,22,24,31)(H,33,34,35)(H,36,37,38)/b9-2-/t10-,12+,13-,14-,15+,18-,19-,21-/m1/s1. The minimum atomic E-state index is -5.42. The van der Waals surface area contributed by atoms with Crippen LogP contribution in [-0.4, -0.2) is 139 Å². The van der Waals surface area contributed by atoms with E-state index in [4.69, 9.17) is 19.9 Å². The largest absolute Gasteiger partial charge is 0.397 e. The monoisotopic (exact) mass is 689 g/mol. The van der Waals surface area contributed by atoms with E-state index in [2.05, 4.69) is 18.3 Å². The molecule has 22 nitrogen and oxygen atoms in total. The van der Waals surface area contributed by atoms with Crippen molar-refractivity contribution in [1.29, 1.82) is 0 Å². The zero-order valence-corrected chi connectivity index (χ0v) is 24.8. The number of anilines is 1. The Morgan fingerprint density at radius 2 is 1.82 bits per heavy atom. The highest BCUT2D eigenvalue weighted by Crippen LogP contribution is 2.37. The van der Waals surface area contributed by atoms with Crippen LogP contribution in [0.3, 0.4) is 0 Å². The van der Waals surface area contributed by atoms with Crippen molar-refractivity contribution in [3.8, 4) is 0 Å². The summed E-state index contributed by atoms with van der Waals surface area (Å²) >= 11 is 0. The molecule has 2 fully saturated rings. The van der Waals surface area contributed by atoms with E-state index >= 15 is 0 Å². The average molecular weight is 690 g/mol. The Labute approximate surface area is 253 Å². The lowest BCUT2D eigenvalue weighted by Gasteiger charge is -2.43. The molecule has 9 N–H and O–H groups in total. The van der Waals surface area contributed by atoms with Gasteiger partial charge in [-0.25, -0.2) is 18.1 Å². The van der Waals surface area contributed by atoms with E-state index in [1.807, 2.05) is 0 Å². The number of allylic oxidation sites excluding steroid dienone is 1. The number of ether oxygens (including phenoxy) is 3. The summed E-state index contributed by atoms with van der Waals surface area (Å²) in [6.07, 6.45) is -11.6. The van der Waals surface area contributed by atoms with Gasteiger partial charge in [0, 0.05) is 6.54 Å². The van der Waals surface area contributed by atoms with E-state index in [1.165, 1.54) is 6.08 Å². The molecule has 2 aliphatic rings. The predicted octanol–water partition coefficient (Wildman–Crippen LogP) is -4.79. The molecule has 0 aliphatic carbocycles. The Bertz CT molecular complexity index is 1690. The van der Waals surface area contributed by atoms with Crippen LogP contribution in [0.5, 0.6) is 0 Å². The van der Waals surface area contributed by atoms with Crippen molar-refractivity contribution in [3.05, 3.63) is 28.5 Å². The van der Waals surface area contributed by atoms with Crippen LogP contribution in [0.2, 0.25) is 0 Å². The maximum Gasteiger partial charge on any atom is 0.397 e. The van der Waals surface area contributed by atoms with Crippen LogP contribution in [0.25, 0.3) is 11.2 Å². The number of rotatable bonds is 12. The summed E-state index contributed by atoms with van der Waals surface area (Å²) in [4.78, 5) is 20.4. The summed E-state index contributed by atoms with van der Waals surface area (Å²) < 4.78 is 93.1. The number of aromatic nitrogens is 4. The van der Waals surface area contributed by atoms with Gasteiger partial charge in [-0.1, -0.05) is 11.6 Å². The fourth-order valence-electron chi connectivity index (χ4n) is 4.67. The Hall–Kier alpha value is -2.69. The molecule has 254 valence electrons. The van der Waals surface area contributed by atoms with Gasteiger partial charge in [0.2, 0.25) is 0 Å². The molecule has 0 saturated carbocycles. The third-order valence-electron chi connectivity index (χ3n) is 6.97. The van der Waals surface area contributed by atoms with Crippen molar-refractivity contribution in [2.75, 3.05) is 32.2 Å². The molecule has 2 aliphatic heterocycles. The third kappa shape index (κ3) is 7.66. The number of hydrogen-bond donors (Lipinski definition) is 8. The second-order valence-electron chi connectivity index (χ2n) is 10.2.